The van der Waals surface area contributed by atoms with Crippen LogP contribution in [-0.4, -0.2) is 33.4 Å². The minimum absolute atomic E-state index is 0.0496. The smallest absolute Gasteiger partial charge is 0.310 e. The molecule has 42 heavy (non-hydrogen) atoms. The number of pyridine rings is 1. The van der Waals surface area contributed by atoms with E-state index in [-0.39, 0.29) is 11.5 Å². The third-order valence-corrected chi connectivity index (χ3v) is 7.62. The molecule has 0 fully saturated rings. The number of hydrogen-bond donors (Lipinski definition) is 0. The molecule has 0 aliphatic carbocycles. The van der Waals surface area contributed by atoms with Gasteiger partial charge in [-0.05, 0) is 64.1 Å². The first kappa shape index (κ1) is 28.8. The molecule has 6 aromatic rings. The lowest BCUT2D eigenvalue weighted by molar-refractivity contribution is -0.142. The van der Waals surface area contributed by atoms with E-state index in [1.165, 1.54) is 17.1 Å². The van der Waals surface area contributed by atoms with Crippen LogP contribution in [0.25, 0.3) is 43.9 Å². The quantitative estimate of drug-likeness (QED) is 0.118. The lowest BCUT2D eigenvalue weighted by Crippen LogP contribution is -2.22. The zero-order chi connectivity index (χ0) is 29.5. The van der Waals surface area contributed by atoms with Crippen molar-refractivity contribution in [3.8, 4) is 22.4 Å². The minimum atomic E-state index is -0.169. The summed E-state index contributed by atoms with van der Waals surface area (Å²) in [5.74, 6) is -0.169. The van der Waals surface area contributed by atoms with Gasteiger partial charge in [0.1, 0.15) is 0 Å². The molecule has 2 aromatic heterocycles. The van der Waals surface area contributed by atoms with Crippen LogP contribution in [0.4, 0.5) is 0 Å². The standard InChI is InChI=1S/C21H17N3OS.C14H14O2/c1-24-20(25)18(17-8-7-14-5-3-4-6-16(14)13-17)19(23-21(24)26-2)15-9-11-22-12-10-15;1-2-16-14(15)10-11-7-8-12-5-3-4-6-13(12)9-11/h3-13H,1-2H3;3-9H,2,10H2,1H3. The molecule has 0 atom stereocenters. The maximum Gasteiger partial charge on any atom is 0.310 e. The van der Waals surface area contributed by atoms with Crippen molar-refractivity contribution >= 4 is 39.3 Å². The summed E-state index contributed by atoms with van der Waals surface area (Å²) in [6.07, 6.45) is 5.71. The molecule has 0 bridgehead atoms. The number of fused-ring (bicyclic) bond motifs is 2. The second-order valence-corrected chi connectivity index (χ2v) is 10.4. The molecule has 0 unspecified atom stereocenters. The average Bonchev–Trinajstić information content (AvgIpc) is 3.03. The van der Waals surface area contributed by atoms with Crippen LogP contribution >= 0.6 is 11.8 Å². The first-order valence-electron chi connectivity index (χ1n) is 13.7. The van der Waals surface area contributed by atoms with Gasteiger partial charge in [-0.15, -0.1) is 0 Å². The normalized spacial score (nSPS) is 10.7. The SMILES string of the molecule is CCOC(=O)Cc1ccc2ccccc2c1.CSc1nc(-c2ccncc2)c(-c2ccc3ccccc3c2)c(=O)n1C. The number of esters is 1. The molecule has 0 amide bonds. The van der Waals surface area contributed by atoms with Crippen LogP contribution in [0.5, 0.6) is 0 Å². The Bertz CT molecular complexity index is 1920. The van der Waals surface area contributed by atoms with E-state index in [9.17, 15) is 9.59 Å². The molecule has 6 rings (SSSR count). The zero-order valence-electron chi connectivity index (χ0n) is 23.8. The van der Waals surface area contributed by atoms with Crippen molar-refractivity contribution in [2.45, 2.75) is 18.5 Å². The molecule has 0 radical (unpaired) electrons. The number of carbonyl (C=O) groups is 1. The molecular weight excluding hydrogens is 542 g/mol. The van der Waals surface area contributed by atoms with Gasteiger partial charge in [-0.25, -0.2) is 4.98 Å². The monoisotopic (exact) mass is 573 g/mol. The summed E-state index contributed by atoms with van der Waals surface area (Å²) in [5.41, 5.74) is 4.01. The van der Waals surface area contributed by atoms with Crippen molar-refractivity contribution in [2.24, 2.45) is 7.05 Å². The first-order valence-corrected chi connectivity index (χ1v) is 14.9. The number of ether oxygens (including phenoxy) is 1. The molecule has 0 spiro atoms. The Kier molecular flexibility index (Phi) is 9.09. The van der Waals surface area contributed by atoms with E-state index >= 15 is 0 Å². The van der Waals surface area contributed by atoms with Gasteiger partial charge in [0.25, 0.3) is 5.56 Å². The summed E-state index contributed by atoms with van der Waals surface area (Å²) >= 11 is 1.46. The number of aromatic nitrogens is 3. The van der Waals surface area contributed by atoms with Crippen LogP contribution in [0, 0.1) is 0 Å². The highest BCUT2D eigenvalue weighted by molar-refractivity contribution is 7.98. The molecule has 4 aromatic carbocycles. The van der Waals surface area contributed by atoms with Gasteiger partial charge < -0.3 is 4.74 Å². The molecule has 0 aliphatic heterocycles. The Balaban J connectivity index is 0.000000189. The Morgan fingerprint density at radius 1 is 0.810 bits per heavy atom. The molecule has 2 heterocycles. The highest BCUT2D eigenvalue weighted by Gasteiger charge is 2.18. The van der Waals surface area contributed by atoms with E-state index in [0.29, 0.717) is 29.4 Å². The van der Waals surface area contributed by atoms with Gasteiger partial charge in [-0.1, -0.05) is 90.6 Å². The molecule has 0 aliphatic rings. The lowest BCUT2D eigenvalue weighted by atomic mass is 9.98. The Labute approximate surface area is 249 Å². The summed E-state index contributed by atoms with van der Waals surface area (Å²) in [7, 11) is 1.77. The van der Waals surface area contributed by atoms with Crippen LogP contribution in [0.2, 0.25) is 0 Å². The average molecular weight is 574 g/mol. The summed E-state index contributed by atoms with van der Waals surface area (Å²) in [5, 5.41) is 5.28. The van der Waals surface area contributed by atoms with Crippen LogP contribution < -0.4 is 5.56 Å². The maximum absolute atomic E-state index is 13.2. The van der Waals surface area contributed by atoms with Crippen molar-refractivity contribution in [2.75, 3.05) is 12.9 Å². The minimum Gasteiger partial charge on any atom is -0.466 e. The summed E-state index contributed by atoms with van der Waals surface area (Å²) < 4.78 is 6.53. The molecule has 0 saturated carbocycles. The summed E-state index contributed by atoms with van der Waals surface area (Å²) in [6, 6.07) is 32.1. The fraction of sp³-hybridized carbons (Fsp3) is 0.143. The maximum atomic E-state index is 13.2. The third-order valence-electron chi connectivity index (χ3n) is 6.89. The number of rotatable bonds is 6. The Hall–Kier alpha value is -4.75. The van der Waals surface area contributed by atoms with Crippen LogP contribution in [0.1, 0.15) is 12.5 Å². The second kappa shape index (κ2) is 13.3. The number of nitrogens with zero attached hydrogens (tertiary/aromatic N) is 3. The van der Waals surface area contributed by atoms with Gasteiger partial charge >= 0.3 is 5.97 Å². The second-order valence-electron chi connectivity index (χ2n) is 9.65. The van der Waals surface area contributed by atoms with E-state index in [2.05, 4.69) is 29.2 Å². The van der Waals surface area contributed by atoms with E-state index in [1.54, 1.807) is 24.0 Å². The van der Waals surface area contributed by atoms with Crippen LogP contribution in [0.3, 0.4) is 0 Å². The van der Waals surface area contributed by atoms with Crippen molar-refractivity contribution in [1.29, 1.82) is 0 Å². The van der Waals surface area contributed by atoms with Crippen molar-refractivity contribution in [1.82, 2.24) is 14.5 Å². The molecule has 6 nitrogen and oxygen atoms in total. The number of thioether (sulfide) groups is 1. The molecule has 0 saturated heterocycles. The van der Waals surface area contributed by atoms with Gasteiger partial charge in [0, 0.05) is 25.0 Å². The van der Waals surface area contributed by atoms with E-state index in [0.717, 1.165) is 32.8 Å². The van der Waals surface area contributed by atoms with E-state index in [1.807, 2.05) is 86.0 Å². The Morgan fingerprint density at radius 3 is 2.07 bits per heavy atom. The van der Waals surface area contributed by atoms with Gasteiger partial charge in [0.2, 0.25) is 0 Å². The predicted octanol–water partition coefficient (Wildman–Crippen LogP) is 7.33. The van der Waals surface area contributed by atoms with Crippen molar-refractivity contribution < 1.29 is 9.53 Å². The van der Waals surface area contributed by atoms with Crippen molar-refractivity contribution in [3.63, 3.8) is 0 Å². The fourth-order valence-electron chi connectivity index (χ4n) is 4.82. The van der Waals surface area contributed by atoms with Gasteiger partial charge in [0.05, 0.1) is 24.3 Å². The fourth-order valence-corrected chi connectivity index (χ4v) is 5.36. The molecule has 7 heteroatoms. The van der Waals surface area contributed by atoms with E-state index in [4.69, 9.17) is 9.72 Å². The summed E-state index contributed by atoms with van der Waals surface area (Å²) in [6.45, 7) is 2.25. The largest absolute Gasteiger partial charge is 0.466 e. The molecular formula is C35H31N3O3S. The highest BCUT2D eigenvalue weighted by atomic mass is 32.2. The number of benzene rings is 4. The number of carbonyl (C=O) groups excluding carboxylic acids is 1. The topological polar surface area (TPSA) is 74.1 Å². The molecule has 0 N–H and O–H groups in total. The van der Waals surface area contributed by atoms with Gasteiger partial charge in [0.15, 0.2) is 5.16 Å². The zero-order valence-corrected chi connectivity index (χ0v) is 24.6. The first-order chi connectivity index (χ1) is 20.5. The van der Waals surface area contributed by atoms with Crippen LogP contribution in [-0.2, 0) is 23.0 Å². The van der Waals surface area contributed by atoms with Gasteiger partial charge in [-0.2, -0.15) is 0 Å². The summed E-state index contributed by atoms with van der Waals surface area (Å²) in [4.78, 5) is 33.4. The van der Waals surface area contributed by atoms with Gasteiger partial charge in [-0.3, -0.25) is 19.1 Å². The predicted molar refractivity (Wildman–Crippen MR) is 172 cm³/mol. The lowest BCUT2D eigenvalue weighted by Gasteiger charge is -2.14. The molecule has 210 valence electrons. The Morgan fingerprint density at radius 2 is 1.43 bits per heavy atom. The number of hydrogen-bond acceptors (Lipinski definition) is 6. The van der Waals surface area contributed by atoms with Crippen molar-refractivity contribution in [3.05, 3.63) is 125 Å². The van der Waals surface area contributed by atoms with Crippen LogP contribution in [0.15, 0.2) is 119 Å². The van der Waals surface area contributed by atoms with E-state index < -0.39 is 0 Å². The third kappa shape index (κ3) is 6.42. The highest BCUT2D eigenvalue weighted by Crippen LogP contribution is 2.31.